The molecule has 172 valence electrons. The van der Waals surface area contributed by atoms with Gasteiger partial charge in [0.2, 0.25) is 0 Å². The first kappa shape index (κ1) is 22.8. The van der Waals surface area contributed by atoms with Crippen molar-refractivity contribution < 1.29 is 23.5 Å². The van der Waals surface area contributed by atoms with E-state index in [1.807, 2.05) is 6.07 Å². The van der Waals surface area contributed by atoms with Gasteiger partial charge < -0.3 is 9.53 Å². The largest absolute Gasteiger partial charge is 0.443 e. The molecule has 3 heterocycles. The van der Waals surface area contributed by atoms with E-state index in [4.69, 9.17) is 4.74 Å². The quantitative estimate of drug-likeness (QED) is 0.545. The number of aldehydes is 1. The molecule has 3 aromatic rings. The van der Waals surface area contributed by atoms with Crippen molar-refractivity contribution in [2.75, 3.05) is 0 Å². The van der Waals surface area contributed by atoms with Gasteiger partial charge in [-0.05, 0) is 45.0 Å². The van der Waals surface area contributed by atoms with Gasteiger partial charge in [0.25, 0.3) is 5.91 Å². The van der Waals surface area contributed by atoms with E-state index >= 15 is 0 Å². The maximum atomic E-state index is 14.8. The molecule has 0 radical (unpaired) electrons. The lowest BCUT2D eigenvalue weighted by Crippen LogP contribution is -2.37. The number of rotatable bonds is 4. The molecule has 4 rings (SSSR count). The van der Waals surface area contributed by atoms with Gasteiger partial charge in [-0.3, -0.25) is 4.79 Å². The normalized spacial score (nSPS) is 12.9. The van der Waals surface area contributed by atoms with E-state index in [1.165, 1.54) is 28.9 Å². The predicted octanol–water partition coefficient (Wildman–Crippen LogP) is 3.58. The average molecular weight is 461 g/mol. The third kappa shape index (κ3) is 4.15. The lowest BCUT2D eigenvalue weighted by Gasteiger charge is -2.23. The smallest absolute Gasteiger partial charge is 0.417 e. The Morgan fingerprint density at radius 2 is 2.06 bits per heavy atom. The molecule has 2 amide bonds. The number of hydrogen-bond acceptors (Lipinski definition) is 7. The minimum atomic E-state index is -0.839. The first-order valence-electron chi connectivity index (χ1n) is 10.4. The zero-order valence-corrected chi connectivity index (χ0v) is 18.7. The summed E-state index contributed by atoms with van der Waals surface area (Å²) in [6.45, 7) is 4.85. The fourth-order valence-corrected chi connectivity index (χ4v) is 3.63. The van der Waals surface area contributed by atoms with E-state index in [0.717, 1.165) is 4.90 Å². The van der Waals surface area contributed by atoms with Crippen LogP contribution in [0.15, 0.2) is 36.5 Å². The van der Waals surface area contributed by atoms with E-state index in [-0.39, 0.29) is 46.7 Å². The van der Waals surface area contributed by atoms with E-state index in [9.17, 15) is 24.0 Å². The maximum absolute atomic E-state index is 14.8. The molecular formula is C24H20FN5O4. The van der Waals surface area contributed by atoms with Crippen molar-refractivity contribution in [2.24, 2.45) is 0 Å². The van der Waals surface area contributed by atoms with Gasteiger partial charge in [-0.15, -0.1) is 0 Å². The standard InChI is InChI=1S/C24H20FN5O4/c1-24(2,3)34-23(33)29-13-18-21(22(29)32)19(30-9-7-15(28-30)8-10-31)11-17(27-18)20-14(12-26)5-4-6-16(20)25/h4-7,9-11H,8,13H2,1-3H3. The van der Waals surface area contributed by atoms with Crippen LogP contribution in [-0.2, 0) is 22.5 Å². The number of nitriles is 1. The number of halogens is 1. The molecule has 0 saturated carbocycles. The van der Waals surface area contributed by atoms with Crippen LogP contribution in [0.25, 0.3) is 16.9 Å². The lowest BCUT2D eigenvalue weighted by atomic mass is 10.0. The SMILES string of the molecule is CC(C)(C)OC(=O)N1Cc2nc(-c3c(F)cccc3C#N)cc(-n3ccc(CC=O)n3)c2C1=O. The number of amides is 2. The van der Waals surface area contributed by atoms with Crippen molar-refractivity contribution in [3.8, 4) is 23.0 Å². The average Bonchev–Trinajstić information content (AvgIpc) is 3.36. The highest BCUT2D eigenvalue weighted by atomic mass is 19.1. The second kappa shape index (κ2) is 8.51. The van der Waals surface area contributed by atoms with Gasteiger partial charge in [-0.2, -0.15) is 10.4 Å². The van der Waals surface area contributed by atoms with Crippen molar-refractivity contribution in [3.63, 3.8) is 0 Å². The number of carbonyl (C=O) groups is 3. The highest BCUT2D eigenvalue weighted by molar-refractivity contribution is 6.08. The first-order valence-corrected chi connectivity index (χ1v) is 10.4. The summed E-state index contributed by atoms with van der Waals surface area (Å²) < 4.78 is 21.5. The van der Waals surface area contributed by atoms with Crippen LogP contribution >= 0.6 is 0 Å². The number of imide groups is 1. The second-order valence-corrected chi connectivity index (χ2v) is 8.62. The van der Waals surface area contributed by atoms with Gasteiger partial charge in [0.05, 0.1) is 52.1 Å². The molecule has 0 saturated heterocycles. The minimum Gasteiger partial charge on any atom is -0.443 e. The molecule has 0 aliphatic carbocycles. The highest BCUT2D eigenvalue weighted by Gasteiger charge is 2.39. The number of carbonyl (C=O) groups excluding carboxylic acids is 3. The molecule has 10 heteroatoms. The van der Waals surface area contributed by atoms with Gasteiger partial charge >= 0.3 is 6.09 Å². The minimum absolute atomic E-state index is 0.0301. The Bertz CT molecular complexity index is 1370. The molecule has 1 aliphatic heterocycles. The lowest BCUT2D eigenvalue weighted by molar-refractivity contribution is -0.107. The summed E-state index contributed by atoms with van der Waals surface area (Å²) in [5, 5.41) is 13.8. The fourth-order valence-electron chi connectivity index (χ4n) is 3.63. The molecule has 0 N–H and O–H groups in total. The summed E-state index contributed by atoms with van der Waals surface area (Å²) in [6.07, 6.45) is 1.47. The van der Waals surface area contributed by atoms with Crippen LogP contribution in [0.3, 0.4) is 0 Å². The molecule has 1 aromatic carbocycles. The summed E-state index contributed by atoms with van der Waals surface area (Å²) in [4.78, 5) is 42.2. The Kier molecular flexibility index (Phi) is 5.71. The summed E-state index contributed by atoms with van der Waals surface area (Å²) in [5.74, 6) is -1.30. The monoisotopic (exact) mass is 461 g/mol. The third-order valence-electron chi connectivity index (χ3n) is 5.03. The molecule has 0 bridgehead atoms. The van der Waals surface area contributed by atoms with Crippen molar-refractivity contribution in [3.05, 3.63) is 64.9 Å². The van der Waals surface area contributed by atoms with Crippen LogP contribution in [0.1, 0.15) is 48.1 Å². The second-order valence-electron chi connectivity index (χ2n) is 8.62. The van der Waals surface area contributed by atoms with Crippen molar-refractivity contribution in [2.45, 2.75) is 39.3 Å². The van der Waals surface area contributed by atoms with Crippen LogP contribution in [0.4, 0.5) is 9.18 Å². The summed E-state index contributed by atoms with van der Waals surface area (Å²) >= 11 is 0. The Morgan fingerprint density at radius 1 is 1.29 bits per heavy atom. The summed E-state index contributed by atoms with van der Waals surface area (Å²) in [5.41, 5.74) is 0.323. The zero-order valence-electron chi connectivity index (χ0n) is 18.7. The number of nitrogens with zero attached hydrogens (tertiary/aromatic N) is 5. The molecular weight excluding hydrogens is 441 g/mol. The Labute approximate surface area is 194 Å². The number of ether oxygens (including phenoxy) is 1. The summed E-state index contributed by atoms with van der Waals surface area (Å²) in [6, 6.07) is 9.08. The number of pyridine rings is 1. The van der Waals surface area contributed by atoms with E-state index in [1.54, 1.807) is 33.0 Å². The van der Waals surface area contributed by atoms with Gasteiger partial charge in [-0.25, -0.2) is 23.8 Å². The topological polar surface area (TPSA) is 118 Å². The number of aromatic nitrogens is 3. The van der Waals surface area contributed by atoms with Crippen LogP contribution < -0.4 is 0 Å². The first-order chi connectivity index (χ1) is 16.1. The third-order valence-corrected chi connectivity index (χ3v) is 5.03. The number of fused-ring (bicyclic) bond motifs is 1. The zero-order chi connectivity index (χ0) is 24.6. The van der Waals surface area contributed by atoms with Crippen LogP contribution in [0, 0.1) is 17.1 Å². The van der Waals surface area contributed by atoms with Gasteiger partial charge in [0, 0.05) is 12.6 Å². The molecule has 0 atom stereocenters. The molecule has 0 fully saturated rings. The molecule has 0 unspecified atom stereocenters. The van der Waals surface area contributed by atoms with Crippen molar-refractivity contribution in [1.29, 1.82) is 5.26 Å². The molecule has 9 nitrogen and oxygen atoms in total. The van der Waals surface area contributed by atoms with Crippen LogP contribution in [0.2, 0.25) is 0 Å². The van der Waals surface area contributed by atoms with E-state index in [2.05, 4.69) is 10.1 Å². The Morgan fingerprint density at radius 3 is 2.74 bits per heavy atom. The van der Waals surface area contributed by atoms with Gasteiger partial charge in [-0.1, -0.05) is 6.07 Å². The highest BCUT2D eigenvalue weighted by Crippen LogP contribution is 2.34. The van der Waals surface area contributed by atoms with Gasteiger partial charge in [0.1, 0.15) is 17.7 Å². The van der Waals surface area contributed by atoms with Crippen LogP contribution in [0.5, 0.6) is 0 Å². The van der Waals surface area contributed by atoms with Crippen LogP contribution in [-0.4, -0.2) is 43.6 Å². The van der Waals surface area contributed by atoms with Gasteiger partial charge in [0.15, 0.2) is 0 Å². The molecule has 1 aliphatic rings. The van der Waals surface area contributed by atoms with Crippen molar-refractivity contribution in [1.82, 2.24) is 19.7 Å². The Balaban J connectivity index is 1.90. The van der Waals surface area contributed by atoms with Crippen molar-refractivity contribution >= 4 is 18.3 Å². The number of benzene rings is 1. The fraction of sp³-hybridized carbons (Fsp3) is 0.250. The maximum Gasteiger partial charge on any atom is 0.417 e. The molecule has 2 aromatic heterocycles. The molecule has 0 spiro atoms. The number of hydrogen-bond donors (Lipinski definition) is 0. The molecule has 34 heavy (non-hydrogen) atoms. The summed E-state index contributed by atoms with van der Waals surface area (Å²) in [7, 11) is 0. The van der Waals surface area contributed by atoms with E-state index < -0.39 is 23.4 Å². The predicted molar refractivity (Wildman–Crippen MR) is 117 cm³/mol. The van der Waals surface area contributed by atoms with E-state index in [0.29, 0.717) is 12.0 Å². The Hall–Kier alpha value is -4.39.